The summed E-state index contributed by atoms with van der Waals surface area (Å²) in [5.41, 5.74) is 0.599. The summed E-state index contributed by atoms with van der Waals surface area (Å²) in [6.07, 6.45) is 2.15. The Balaban J connectivity index is 2.46. The van der Waals surface area contributed by atoms with Gasteiger partial charge in [0.25, 0.3) is 0 Å². The molecule has 7 heteroatoms. The van der Waals surface area contributed by atoms with E-state index in [1.54, 1.807) is 12.3 Å². The first kappa shape index (κ1) is 16.5. The number of nitrogens with zero attached hydrogens (tertiary/aromatic N) is 1. The van der Waals surface area contributed by atoms with Crippen molar-refractivity contribution in [1.82, 2.24) is 4.31 Å². The van der Waals surface area contributed by atoms with E-state index >= 15 is 0 Å². The molecule has 0 spiro atoms. The summed E-state index contributed by atoms with van der Waals surface area (Å²) in [6, 6.07) is -0.139. The number of esters is 1. The van der Waals surface area contributed by atoms with Crippen LogP contribution in [0.4, 0.5) is 0 Å². The topological polar surface area (TPSA) is 63.7 Å². The van der Waals surface area contributed by atoms with Crippen LogP contribution in [0.25, 0.3) is 0 Å². The summed E-state index contributed by atoms with van der Waals surface area (Å²) >= 11 is 1.12. The Bertz CT molecular complexity index is 629. The fraction of sp³-hybridized carbons (Fsp3) is 0.643. The molecule has 21 heavy (non-hydrogen) atoms. The second kappa shape index (κ2) is 6.06. The molecule has 1 fully saturated rings. The van der Waals surface area contributed by atoms with Crippen LogP contribution in [0.2, 0.25) is 0 Å². The predicted octanol–water partition coefficient (Wildman–Crippen LogP) is 2.65. The van der Waals surface area contributed by atoms with E-state index in [2.05, 4.69) is 0 Å². The monoisotopic (exact) mass is 331 g/mol. The lowest BCUT2D eigenvalue weighted by Gasteiger charge is -2.26. The van der Waals surface area contributed by atoms with E-state index in [1.807, 2.05) is 13.8 Å². The summed E-state index contributed by atoms with van der Waals surface area (Å²) in [5.74, 6) is -0.149. The third kappa shape index (κ3) is 3.30. The van der Waals surface area contributed by atoms with E-state index in [0.717, 1.165) is 24.2 Å². The highest BCUT2D eigenvalue weighted by atomic mass is 32.2. The predicted molar refractivity (Wildman–Crippen MR) is 82.1 cm³/mol. The van der Waals surface area contributed by atoms with Gasteiger partial charge in [-0.3, -0.25) is 0 Å². The minimum Gasteiger partial charge on any atom is -0.465 e. The van der Waals surface area contributed by atoms with Crippen LogP contribution in [-0.2, 0) is 14.8 Å². The minimum atomic E-state index is -3.69. The molecule has 0 radical (unpaired) electrons. The van der Waals surface area contributed by atoms with Crippen molar-refractivity contribution in [2.45, 2.75) is 44.6 Å². The van der Waals surface area contributed by atoms with E-state index in [4.69, 9.17) is 4.74 Å². The fourth-order valence-electron chi connectivity index (χ4n) is 2.25. The Labute approximate surface area is 130 Å². The first-order valence-electron chi connectivity index (χ1n) is 6.97. The molecule has 2 rings (SSSR count). The maximum Gasteiger partial charge on any atom is 0.349 e. The first-order chi connectivity index (χ1) is 9.78. The molecule has 0 bridgehead atoms. The second-order valence-corrected chi connectivity index (χ2v) is 8.39. The summed E-state index contributed by atoms with van der Waals surface area (Å²) in [5, 5.41) is 1.69. The van der Waals surface area contributed by atoms with Crippen molar-refractivity contribution >= 4 is 27.3 Å². The van der Waals surface area contributed by atoms with Crippen molar-refractivity contribution in [2.75, 3.05) is 13.7 Å². The van der Waals surface area contributed by atoms with Gasteiger partial charge in [-0.1, -0.05) is 0 Å². The molecule has 0 atom stereocenters. The number of carbonyl (C=O) groups excluding carboxylic acids is 1. The van der Waals surface area contributed by atoms with Gasteiger partial charge in [-0.25, -0.2) is 13.2 Å². The largest absolute Gasteiger partial charge is 0.465 e. The van der Waals surface area contributed by atoms with Crippen LogP contribution in [-0.4, -0.2) is 38.4 Å². The Morgan fingerprint density at radius 1 is 1.48 bits per heavy atom. The van der Waals surface area contributed by atoms with E-state index in [-0.39, 0.29) is 15.8 Å². The smallest absolute Gasteiger partial charge is 0.349 e. The molecule has 0 amide bonds. The highest BCUT2D eigenvalue weighted by Crippen LogP contribution is 2.35. The quantitative estimate of drug-likeness (QED) is 0.752. The van der Waals surface area contributed by atoms with Crippen LogP contribution in [0.3, 0.4) is 0 Å². The number of thiophene rings is 1. The Hall–Kier alpha value is -0.920. The van der Waals surface area contributed by atoms with Gasteiger partial charge in [-0.2, -0.15) is 4.31 Å². The van der Waals surface area contributed by atoms with Crippen molar-refractivity contribution in [2.24, 2.45) is 5.92 Å². The molecule has 1 aromatic rings. The number of hydrogen-bond donors (Lipinski definition) is 0. The number of hydrogen-bond acceptors (Lipinski definition) is 5. The van der Waals surface area contributed by atoms with E-state index < -0.39 is 16.0 Å². The van der Waals surface area contributed by atoms with Gasteiger partial charge in [0.2, 0.25) is 10.0 Å². The van der Waals surface area contributed by atoms with Crippen LogP contribution >= 0.6 is 11.3 Å². The number of ether oxygens (including phenoxy) is 1. The zero-order chi connectivity index (χ0) is 15.8. The van der Waals surface area contributed by atoms with Gasteiger partial charge < -0.3 is 4.74 Å². The molecule has 5 nitrogen and oxygen atoms in total. The summed E-state index contributed by atoms with van der Waals surface area (Å²) in [7, 11) is -2.42. The standard InChI is InChI=1S/C14H21NO4S2/c1-9(2)15(7-11-5-6-11)21(17,18)13-10(3)8-20-12(13)14(16)19-4/h8-9,11H,5-7H2,1-4H3. The lowest BCUT2D eigenvalue weighted by atomic mass is 10.3. The van der Waals surface area contributed by atoms with Crippen LogP contribution in [0.5, 0.6) is 0 Å². The van der Waals surface area contributed by atoms with Gasteiger partial charge in [0.15, 0.2) is 0 Å². The summed E-state index contributed by atoms with van der Waals surface area (Å²) in [6.45, 7) is 5.96. The Morgan fingerprint density at radius 2 is 2.10 bits per heavy atom. The Kier molecular flexibility index (Phi) is 4.75. The highest BCUT2D eigenvalue weighted by Gasteiger charge is 2.37. The number of sulfonamides is 1. The van der Waals surface area contributed by atoms with Crippen molar-refractivity contribution in [3.05, 3.63) is 15.8 Å². The molecule has 0 aliphatic heterocycles. The summed E-state index contributed by atoms with van der Waals surface area (Å²) < 4.78 is 32.2. The molecule has 0 saturated heterocycles. The molecule has 1 heterocycles. The normalized spacial score (nSPS) is 15.7. The fourth-order valence-corrected chi connectivity index (χ4v) is 5.62. The minimum absolute atomic E-state index is 0.105. The van der Waals surface area contributed by atoms with Crippen molar-refractivity contribution < 1.29 is 17.9 Å². The van der Waals surface area contributed by atoms with Gasteiger partial charge in [0, 0.05) is 12.6 Å². The van der Waals surface area contributed by atoms with Gasteiger partial charge in [0.05, 0.1) is 7.11 Å². The average Bonchev–Trinajstić information content (AvgIpc) is 3.15. The van der Waals surface area contributed by atoms with Crippen molar-refractivity contribution in [3.63, 3.8) is 0 Å². The first-order valence-corrected chi connectivity index (χ1v) is 9.29. The number of rotatable bonds is 6. The second-order valence-electron chi connectivity index (χ2n) is 5.68. The van der Waals surface area contributed by atoms with Crippen LogP contribution in [0.15, 0.2) is 10.3 Å². The Morgan fingerprint density at radius 3 is 2.57 bits per heavy atom. The van der Waals surface area contributed by atoms with Crippen LogP contribution in [0.1, 0.15) is 41.9 Å². The summed E-state index contributed by atoms with van der Waals surface area (Å²) in [4.78, 5) is 12.1. The van der Waals surface area contributed by atoms with E-state index in [1.165, 1.54) is 11.4 Å². The maximum absolute atomic E-state index is 13.0. The van der Waals surface area contributed by atoms with Gasteiger partial charge in [-0.15, -0.1) is 11.3 Å². The molecule has 1 aliphatic rings. The molecule has 0 N–H and O–H groups in total. The third-order valence-electron chi connectivity index (χ3n) is 3.57. The average molecular weight is 331 g/mol. The molecule has 0 aromatic carbocycles. The molecule has 0 unspecified atom stereocenters. The van der Waals surface area contributed by atoms with Crippen LogP contribution in [0, 0.1) is 12.8 Å². The molecule has 1 aliphatic carbocycles. The zero-order valence-corrected chi connectivity index (χ0v) is 14.4. The number of methoxy groups -OCH3 is 1. The zero-order valence-electron chi connectivity index (χ0n) is 12.8. The maximum atomic E-state index is 13.0. The molecular formula is C14H21NO4S2. The molecule has 118 valence electrons. The van der Waals surface area contributed by atoms with E-state index in [9.17, 15) is 13.2 Å². The molecule has 1 saturated carbocycles. The third-order valence-corrected chi connectivity index (χ3v) is 7.00. The van der Waals surface area contributed by atoms with E-state index in [0.29, 0.717) is 18.0 Å². The number of carbonyl (C=O) groups is 1. The SMILES string of the molecule is COC(=O)c1scc(C)c1S(=O)(=O)N(CC1CC1)C(C)C. The highest BCUT2D eigenvalue weighted by molar-refractivity contribution is 7.89. The number of aryl methyl sites for hydroxylation is 1. The van der Waals surface area contributed by atoms with Gasteiger partial charge >= 0.3 is 5.97 Å². The molecule has 1 aromatic heterocycles. The van der Waals surface area contributed by atoms with Gasteiger partial charge in [-0.05, 0) is 50.5 Å². The van der Waals surface area contributed by atoms with Crippen molar-refractivity contribution in [3.8, 4) is 0 Å². The van der Waals surface area contributed by atoms with Gasteiger partial charge in [0.1, 0.15) is 9.77 Å². The lowest BCUT2D eigenvalue weighted by molar-refractivity contribution is 0.0602. The van der Waals surface area contributed by atoms with Crippen LogP contribution < -0.4 is 0 Å². The van der Waals surface area contributed by atoms with Crippen molar-refractivity contribution in [1.29, 1.82) is 0 Å². The molecular weight excluding hydrogens is 310 g/mol. The lowest BCUT2D eigenvalue weighted by Crippen LogP contribution is -2.39.